The van der Waals surface area contributed by atoms with Crippen LogP contribution in [0.2, 0.25) is 0 Å². The van der Waals surface area contributed by atoms with Crippen molar-refractivity contribution < 1.29 is 0 Å². The molecular formula is C14H14BrN3S. The molecule has 1 atom stereocenters. The highest BCUT2D eigenvalue weighted by atomic mass is 79.9. The molecule has 1 aromatic heterocycles. The molecule has 0 aliphatic heterocycles. The number of thiocarbonyl (C=S) groups is 1. The van der Waals surface area contributed by atoms with Crippen molar-refractivity contribution in [3.63, 3.8) is 0 Å². The van der Waals surface area contributed by atoms with Crippen LogP contribution in [0.3, 0.4) is 0 Å². The van der Waals surface area contributed by atoms with E-state index in [4.69, 9.17) is 18.0 Å². The predicted octanol–water partition coefficient (Wildman–Crippen LogP) is 3.65. The average molecular weight is 336 g/mol. The molecule has 0 amide bonds. The maximum Gasteiger partial charge on any atom is 0.126 e. The monoisotopic (exact) mass is 335 g/mol. The second-order valence-electron chi connectivity index (χ2n) is 4.22. The van der Waals surface area contributed by atoms with Crippen molar-refractivity contribution >= 4 is 39.0 Å². The van der Waals surface area contributed by atoms with Crippen LogP contribution in [0, 0.1) is 0 Å². The summed E-state index contributed by atoms with van der Waals surface area (Å²) in [5, 5.41) is 3.34. The second-order valence-corrected chi connectivity index (χ2v) is 5.57. The zero-order chi connectivity index (χ0) is 13.8. The van der Waals surface area contributed by atoms with Crippen LogP contribution in [0.5, 0.6) is 0 Å². The maximum atomic E-state index is 5.54. The fraction of sp³-hybridized carbons (Fsp3) is 0.143. The third-order valence-corrected chi connectivity index (χ3v) is 3.49. The van der Waals surface area contributed by atoms with E-state index < -0.39 is 0 Å². The lowest BCUT2D eigenvalue weighted by Crippen LogP contribution is -2.11. The van der Waals surface area contributed by atoms with Crippen LogP contribution in [0.25, 0.3) is 0 Å². The molecule has 98 valence electrons. The number of aromatic nitrogens is 1. The first-order valence-electron chi connectivity index (χ1n) is 5.84. The Morgan fingerprint density at radius 3 is 2.74 bits per heavy atom. The quantitative estimate of drug-likeness (QED) is 0.837. The van der Waals surface area contributed by atoms with Gasteiger partial charge >= 0.3 is 0 Å². The normalized spacial score (nSPS) is 11.9. The van der Waals surface area contributed by atoms with Gasteiger partial charge in [0.05, 0.1) is 0 Å². The van der Waals surface area contributed by atoms with Crippen molar-refractivity contribution in [3.8, 4) is 0 Å². The van der Waals surface area contributed by atoms with Gasteiger partial charge in [0.15, 0.2) is 0 Å². The summed E-state index contributed by atoms with van der Waals surface area (Å²) in [6.07, 6.45) is 1.68. The first kappa shape index (κ1) is 14.0. The number of nitrogens with one attached hydrogen (secondary N) is 1. The molecule has 0 fully saturated rings. The van der Waals surface area contributed by atoms with Crippen LogP contribution in [-0.2, 0) is 0 Å². The summed E-state index contributed by atoms with van der Waals surface area (Å²) in [7, 11) is 0. The average Bonchev–Trinajstić information content (AvgIpc) is 2.39. The minimum Gasteiger partial charge on any atom is -0.389 e. The van der Waals surface area contributed by atoms with Gasteiger partial charge in [0.25, 0.3) is 0 Å². The van der Waals surface area contributed by atoms with E-state index in [1.54, 1.807) is 6.20 Å². The smallest absolute Gasteiger partial charge is 0.126 e. The van der Waals surface area contributed by atoms with Gasteiger partial charge in [0.2, 0.25) is 0 Å². The Morgan fingerprint density at radius 2 is 2.16 bits per heavy atom. The Labute approximate surface area is 126 Å². The van der Waals surface area contributed by atoms with Crippen molar-refractivity contribution in [2.45, 2.75) is 13.0 Å². The molecule has 0 saturated heterocycles. The molecule has 2 rings (SSSR count). The predicted molar refractivity (Wildman–Crippen MR) is 86.3 cm³/mol. The van der Waals surface area contributed by atoms with Crippen molar-refractivity contribution in [1.29, 1.82) is 0 Å². The van der Waals surface area contributed by atoms with Gasteiger partial charge in [0, 0.05) is 22.3 Å². The van der Waals surface area contributed by atoms with Crippen LogP contribution < -0.4 is 11.1 Å². The van der Waals surface area contributed by atoms with Gasteiger partial charge in [-0.2, -0.15) is 0 Å². The molecule has 0 aliphatic carbocycles. The number of hydrogen-bond donors (Lipinski definition) is 2. The second kappa shape index (κ2) is 6.12. The molecular weight excluding hydrogens is 322 g/mol. The summed E-state index contributed by atoms with van der Waals surface area (Å²) in [5.41, 5.74) is 7.50. The van der Waals surface area contributed by atoms with Gasteiger partial charge in [-0.3, -0.25) is 0 Å². The van der Waals surface area contributed by atoms with Gasteiger partial charge in [-0.25, -0.2) is 4.98 Å². The molecule has 1 aromatic carbocycles. The molecule has 5 heteroatoms. The molecule has 0 aliphatic rings. The van der Waals surface area contributed by atoms with Crippen LogP contribution >= 0.6 is 28.1 Å². The molecule has 0 spiro atoms. The number of hydrogen-bond acceptors (Lipinski definition) is 3. The van der Waals surface area contributed by atoms with Crippen LogP contribution in [0.15, 0.2) is 47.1 Å². The van der Waals surface area contributed by atoms with E-state index >= 15 is 0 Å². The van der Waals surface area contributed by atoms with Crippen LogP contribution in [-0.4, -0.2) is 9.97 Å². The minimum atomic E-state index is 0.167. The highest BCUT2D eigenvalue weighted by Crippen LogP contribution is 2.21. The standard InChI is InChI=1S/C14H14BrN3S/c1-9(10-3-2-4-12(15)7-10)18-13-6-5-11(8-17-13)14(16)19/h2-9H,1H3,(H2,16,19)(H,17,18). The molecule has 2 aromatic rings. The van der Waals surface area contributed by atoms with E-state index in [2.05, 4.69) is 45.3 Å². The van der Waals surface area contributed by atoms with Gasteiger partial charge in [-0.05, 0) is 36.8 Å². The van der Waals surface area contributed by atoms with E-state index in [9.17, 15) is 0 Å². The molecule has 3 N–H and O–H groups in total. The van der Waals surface area contributed by atoms with E-state index in [0.29, 0.717) is 4.99 Å². The fourth-order valence-electron chi connectivity index (χ4n) is 1.71. The van der Waals surface area contributed by atoms with E-state index in [1.807, 2.05) is 24.3 Å². The summed E-state index contributed by atoms with van der Waals surface area (Å²) in [6.45, 7) is 2.09. The van der Waals surface area contributed by atoms with E-state index in [0.717, 1.165) is 15.9 Å². The summed E-state index contributed by atoms with van der Waals surface area (Å²) in [6, 6.07) is 12.1. The largest absolute Gasteiger partial charge is 0.389 e. The Morgan fingerprint density at radius 1 is 1.37 bits per heavy atom. The molecule has 0 bridgehead atoms. The number of halogens is 1. The fourth-order valence-corrected chi connectivity index (χ4v) is 2.24. The van der Waals surface area contributed by atoms with E-state index in [-0.39, 0.29) is 6.04 Å². The summed E-state index contributed by atoms with van der Waals surface area (Å²) in [5.74, 6) is 0.799. The Balaban J connectivity index is 2.10. The topological polar surface area (TPSA) is 50.9 Å². The lowest BCUT2D eigenvalue weighted by molar-refractivity contribution is 0.873. The van der Waals surface area contributed by atoms with Gasteiger partial charge < -0.3 is 11.1 Å². The molecule has 0 radical (unpaired) electrons. The maximum absolute atomic E-state index is 5.54. The summed E-state index contributed by atoms with van der Waals surface area (Å²) < 4.78 is 1.07. The first-order valence-corrected chi connectivity index (χ1v) is 7.04. The third-order valence-electron chi connectivity index (χ3n) is 2.76. The molecule has 3 nitrogen and oxygen atoms in total. The van der Waals surface area contributed by atoms with Gasteiger partial charge in [0.1, 0.15) is 10.8 Å². The lowest BCUT2D eigenvalue weighted by Gasteiger charge is -2.15. The summed E-state index contributed by atoms with van der Waals surface area (Å²) in [4.78, 5) is 4.66. The molecule has 0 saturated carbocycles. The molecule has 1 heterocycles. The van der Waals surface area contributed by atoms with Crippen molar-refractivity contribution in [3.05, 3.63) is 58.2 Å². The summed E-state index contributed by atoms with van der Waals surface area (Å²) >= 11 is 8.37. The Bertz CT molecular complexity index is 583. The number of nitrogens with two attached hydrogens (primary N) is 1. The molecule has 19 heavy (non-hydrogen) atoms. The number of anilines is 1. The number of rotatable bonds is 4. The highest BCUT2D eigenvalue weighted by Gasteiger charge is 2.06. The SMILES string of the molecule is CC(Nc1ccc(C(N)=S)cn1)c1cccc(Br)c1. The van der Waals surface area contributed by atoms with Gasteiger partial charge in [-0.15, -0.1) is 0 Å². The number of benzene rings is 1. The first-order chi connectivity index (χ1) is 9.06. The van der Waals surface area contributed by atoms with Crippen LogP contribution in [0.4, 0.5) is 5.82 Å². The Kier molecular flexibility index (Phi) is 4.50. The molecule has 1 unspecified atom stereocenters. The number of nitrogens with zero attached hydrogens (tertiary/aromatic N) is 1. The minimum absolute atomic E-state index is 0.167. The third kappa shape index (κ3) is 3.75. The van der Waals surface area contributed by atoms with Crippen LogP contribution in [0.1, 0.15) is 24.1 Å². The van der Waals surface area contributed by atoms with Crippen molar-refractivity contribution in [1.82, 2.24) is 4.98 Å². The lowest BCUT2D eigenvalue weighted by atomic mass is 10.1. The van der Waals surface area contributed by atoms with E-state index in [1.165, 1.54) is 5.56 Å². The Hall–Kier alpha value is -1.46. The zero-order valence-electron chi connectivity index (χ0n) is 10.4. The van der Waals surface area contributed by atoms with Gasteiger partial charge in [-0.1, -0.05) is 40.3 Å². The number of pyridine rings is 1. The van der Waals surface area contributed by atoms with Crippen molar-refractivity contribution in [2.75, 3.05) is 5.32 Å². The van der Waals surface area contributed by atoms with Crippen molar-refractivity contribution in [2.24, 2.45) is 5.73 Å². The zero-order valence-corrected chi connectivity index (χ0v) is 12.8. The highest BCUT2D eigenvalue weighted by molar-refractivity contribution is 9.10.